The molecule has 4 heterocycles. The summed E-state index contributed by atoms with van der Waals surface area (Å²) in [6.07, 6.45) is 8.68. The Morgan fingerprint density at radius 2 is 0.810 bits per heavy atom. The van der Waals surface area contributed by atoms with Crippen LogP contribution in [0.3, 0.4) is 0 Å². The van der Waals surface area contributed by atoms with Crippen molar-refractivity contribution in [2.75, 3.05) is 53.3 Å². The van der Waals surface area contributed by atoms with Gasteiger partial charge in [-0.1, -0.05) is 12.1 Å². The molecule has 0 aliphatic heterocycles. The molecule has 0 spiro atoms. The first kappa shape index (κ1) is 65.8. The number of pyridine rings is 2. The van der Waals surface area contributed by atoms with E-state index < -0.39 is 54.6 Å². The van der Waals surface area contributed by atoms with Crippen molar-refractivity contribution in [3.63, 3.8) is 0 Å². The highest BCUT2D eigenvalue weighted by Gasteiger charge is 2.36. The van der Waals surface area contributed by atoms with Gasteiger partial charge in [-0.2, -0.15) is 0 Å². The molecule has 0 unspecified atom stereocenters. The average molecular weight is 1200 g/mol. The molecule has 4 atom stereocenters. The number of hydrogen-bond donors (Lipinski definition) is 6. The molecule has 6 rings (SSSR count). The molecule has 452 valence electrons. The summed E-state index contributed by atoms with van der Waals surface area (Å²) in [7, 11) is -0.0421. The number of rotatable bonds is 22. The predicted molar refractivity (Wildman–Crippen MR) is 312 cm³/mol. The lowest BCUT2D eigenvalue weighted by Crippen LogP contribution is -2.46. The second-order valence-corrected chi connectivity index (χ2v) is 22.4. The molecule has 30 heteroatoms. The van der Waals surface area contributed by atoms with E-state index in [2.05, 4.69) is 71.0 Å². The van der Waals surface area contributed by atoms with Crippen LogP contribution in [0.25, 0.3) is 0 Å². The van der Waals surface area contributed by atoms with E-state index in [1.807, 2.05) is 0 Å². The van der Waals surface area contributed by atoms with Crippen molar-refractivity contribution in [2.45, 2.75) is 90.3 Å². The lowest BCUT2D eigenvalue weighted by molar-refractivity contribution is 0.00359. The Labute approximate surface area is 488 Å². The summed E-state index contributed by atoms with van der Waals surface area (Å²) in [5, 5.41) is 3.27. The summed E-state index contributed by atoms with van der Waals surface area (Å²) in [5.41, 5.74) is 13.1. The molecule has 0 radical (unpaired) electrons. The molecule has 84 heavy (non-hydrogen) atoms. The number of methoxy groups -OCH3 is 6. The Bertz CT molecular complexity index is 3180. The Kier molecular flexibility index (Phi) is 24.2. The van der Waals surface area contributed by atoms with Gasteiger partial charge in [0.05, 0.1) is 102 Å². The Balaban J connectivity index is 0.000000307. The zero-order valence-corrected chi connectivity index (χ0v) is 50.4. The van der Waals surface area contributed by atoms with E-state index in [0.29, 0.717) is 23.0 Å². The van der Waals surface area contributed by atoms with Crippen molar-refractivity contribution in [3.05, 3.63) is 132 Å². The number of aromatic nitrogens is 6. The van der Waals surface area contributed by atoms with Crippen molar-refractivity contribution in [1.29, 1.82) is 0 Å². The zero-order chi connectivity index (χ0) is 61.7. The fourth-order valence-electron chi connectivity index (χ4n) is 7.39. The van der Waals surface area contributed by atoms with Crippen molar-refractivity contribution in [2.24, 2.45) is 8.80 Å². The maximum Gasteiger partial charge on any atom is 0.271 e. The van der Waals surface area contributed by atoms with E-state index in [9.17, 15) is 26.4 Å². The van der Waals surface area contributed by atoms with Crippen LogP contribution in [0, 0.1) is 13.8 Å². The van der Waals surface area contributed by atoms with Gasteiger partial charge in [0, 0.05) is 24.8 Å². The summed E-state index contributed by atoms with van der Waals surface area (Å²) >= 11 is 0. The minimum atomic E-state index is -4.35. The number of ether oxygens (including phenoxy) is 8. The van der Waals surface area contributed by atoms with E-state index in [4.69, 9.17) is 37.9 Å². The molecular weight excluding hydrogens is 1130 g/mol. The predicted octanol–water partition coefficient (Wildman–Crippen LogP) is 5.59. The van der Waals surface area contributed by atoms with Gasteiger partial charge in [-0.15, -0.1) is 8.80 Å². The first-order valence-electron chi connectivity index (χ1n) is 25.6. The Morgan fingerprint density at radius 1 is 0.464 bits per heavy atom. The number of nitrogens with one attached hydrogen (secondary N) is 6. The number of benzene rings is 2. The van der Waals surface area contributed by atoms with Crippen LogP contribution in [-0.4, -0.2) is 136 Å². The van der Waals surface area contributed by atoms with Gasteiger partial charge in [0.15, 0.2) is 0 Å². The second-order valence-electron chi connectivity index (χ2n) is 18.5. The SMILES string of the molecule is COc1cnc([C@@H](OC(C)C)[C@@H](C)S(=O)(=O)N=C(NNC(=O)c2cncc(C)c2)Nc2c(OC)cccc2OC)cn1.COc1cnc([C@H](OC(C)C)[C@H](C)S(=O)(=O)N=C(NNC(=O)c2cncc(C)c2)Nc2c(OC)cccc2OC)cn1. The highest BCUT2D eigenvalue weighted by atomic mass is 32.2. The monoisotopic (exact) mass is 1200 g/mol. The smallest absolute Gasteiger partial charge is 0.271 e. The number of hydrogen-bond acceptors (Lipinski definition) is 20. The van der Waals surface area contributed by atoms with Gasteiger partial charge in [0.1, 0.15) is 57.1 Å². The third kappa shape index (κ3) is 18.5. The molecule has 0 aliphatic rings. The van der Waals surface area contributed by atoms with Gasteiger partial charge >= 0.3 is 0 Å². The van der Waals surface area contributed by atoms with Crippen molar-refractivity contribution >= 4 is 55.2 Å². The summed E-state index contributed by atoms with van der Waals surface area (Å²) in [6, 6.07) is 13.2. The van der Waals surface area contributed by atoms with Crippen LogP contribution >= 0.6 is 0 Å². The summed E-state index contributed by atoms with van der Waals surface area (Å²) in [5.74, 6) is 0.00560. The van der Waals surface area contributed by atoms with Crippen molar-refractivity contribution in [1.82, 2.24) is 51.6 Å². The zero-order valence-electron chi connectivity index (χ0n) is 48.8. The molecule has 0 saturated carbocycles. The number of nitrogens with zero attached hydrogens (tertiary/aromatic N) is 8. The molecule has 6 N–H and O–H groups in total. The second kappa shape index (κ2) is 30.9. The first-order chi connectivity index (χ1) is 40.0. The lowest BCUT2D eigenvalue weighted by Gasteiger charge is -2.25. The minimum absolute atomic E-state index is 0.247. The van der Waals surface area contributed by atoms with E-state index in [1.165, 1.54) is 93.7 Å². The highest BCUT2D eigenvalue weighted by Crippen LogP contribution is 2.36. The highest BCUT2D eigenvalue weighted by molar-refractivity contribution is 7.91. The number of hydrazine groups is 2. The van der Waals surface area contributed by atoms with Gasteiger partial charge in [-0.3, -0.25) is 51.2 Å². The molecule has 2 aromatic carbocycles. The van der Waals surface area contributed by atoms with Crippen LogP contribution in [0.1, 0.15) is 97.0 Å². The molecule has 28 nitrogen and oxygen atoms in total. The average Bonchev–Trinajstić information content (AvgIpc) is 3.01. The summed E-state index contributed by atoms with van der Waals surface area (Å²) in [4.78, 5) is 50.5. The number of amides is 2. The molecule has 2 amide bonds. The summed E-state index contributed by atoms with van der Waals surface area (Å²) < 4.78 is 107. The number of para-hydroxylation sites is 2. The normalized spacial score (nSPS) is 13.2. The molecule has 0 bridgehead atoms. The lowest BCUT2D eigenvalue weighted by atomic mass is 10.2. The van der Waals surface area contributed by atoms with E-state index in [1.54, 1.807) is 102 Å². The molecule has 6 aromatic rings. The quantitative estimate of drug-likeness (QED) is 0.0274. The van der Waals surface area contributed by atoms with E-state index in [0.717, 1.165) is 11.1 Å². The van der Waals surface area contributed by atoms with Crippen LogP contribution in [-0.2, 0) is 29.5 Å². The molecule has 0 saturated heterocycles. The Hall–Kier alpha value is -9.00. The van der Waals surface area contributed by atoms with Crippen molar-refractivity contribution in [3.8, 4) is 34.8 Å². The number of guanidine groups is 2. The van der Waals surface area contributed by atoms with Gasteiger partial charge in [-0.05, 0) is 103 Å². The fraction of sp³-hybridized carbons (Fsp3) is 0.370. The third-order valence-electron chi connectivity index (χ3n) is 11.6. The van der Waals surface area contributed by atoms with Gasteiger partial charge in [0.2, 0.25) is 23.7 Å². The fourth-order valence-corrected chi connectivity index (χ4v) is 9.45. The molecule has 0 aliphatic carbocycles. The van der Waals surface area contributed by atoms with Crippen molar-refractivity contribution < 1.29 is 64.3 Å². The first-order valence-corrected chi connectivity index (χ1v) is 28.6. The van der Waals surface area contributed by atoms with Gasteiger partial charge < -0.3 is 48.5 Å². The van der Waals surface area contributed by atoms with Crippen LogP contribution in [0.4, 0.5) is 11.4 Å². The maximum atomic E-state index is 13.7. The van der Waals surface area contributed by atoms with Crippen LogP contribution in [0.5, 0.6) is 34.8 Å². The topological polar surface area (TPSA) is 350 Å². The summed E-state index contributed by atoms with van der Waals surface area (Å²) in [6.45, 7) is 13.5. The molecule has 4 aromatic heterocycles. The standard InChI is InChI=1S/2C27H35N7O7S/c2*1-16(2)41-25(20-14-30-23(40-7)15-29-20)18(4)42(36,37)34-27(31-24-21(38-5)9-8-10-22(24)39-6)33-32-26(35)19-11-17(3)12-28-13-19/h2*8-16,18,25H,1-7H3,(H,32,35)(H2,31,33,34)/t2*18-,25+/m10/s1. The maximum absolute atomic E-state index is 13.7. The Morgan fingerprint density at radius 3 is 1.08 bits per heavy atom. The van der Waals surface area contributed by atoms with Gasteiger partial charge in [0.25, 0.3) is 31.9 Å². The molecular formula is C54H70N14O14S2. The molecule has 0 fully saturated rings. The van der Waals surface area contributed by atoms with Crippen LogP contribution in [0.2, 0.25) is 0 Å². The van der Waals surface area contributed by atoms with E-state index >= 15 is 0 Å². The third-order valence-corrected chi connectivity index (χ3v) is 14.8. The van der Waals surface area contributed by atoms with E-state index in [-0.39, 0.29) is 69.8 Å². The number of carbonyl (C=O) groups excluding carboxylic acids is 2. The van der Waals surface area contributed by atoms with Crippen LogP contribution < -0.4 is 60.8 Å². The van der Waals surface area contributed by atoms with Gasteiger partial charge in [-0.25, -0.2) is 26.8 Å². The number of carbonyl (C=O) groups is 2. The van der Waals surface area contributed by atoms with Crippen LogP contribution in [0.15, 0.2) is 107 Å². The minimum Gasteiger partial charge on any atom is -0.494 e. The number of anilines is 2. The number of aryl methyl sites for hydroxylation is 2. The number of sulfonamides is 2. The largest absolute Gasteiger partial charge is 0.494 e.